The van der Waals surface area contributed by atoms with Crippen molar-refractivity contribution in [3.8, 4) is 5.75 Å². The highest BCUT2D eigenvalue weighted by Crippen LogP contribution is 2.39. The number of aryl methyl sites for hydroxylation is 2. The maximum absolute atomic E-state index is 9.88. The number of ether oxygens (including phenoxy) is 1. The first-order valence-electron chi connectivity index (χ1n) is 8.49. The van der Waals surface area contributed by atoms with Gasteiger partial charge in [-0.05, 0) is 61.4 Å². The number of nitrogens with one attached hydrogen (secondary N) is 1. The fourth-order valence-corrected chi connectivity index (χ4v) is 4.13. The third kappa shape index (κ3) is 4.77. The predicted molar refractivity (Wildman–Crippen MR) is 103 cm³/mol. The van der Waals surface area contributed by atoms with E-state index in [1.54, 1.807) is 0 Å². The first kappa shape index (κ1) is 21.5. The Kier molecular flexibility index (Phi) is 8.82. The molecule has 0 spiro atoms. The molecule has 1 aromatic carbocycles. The highest BCUT2D eigenvalue weighted by atomic mass is 35.5. The minimum absolute atomic E-state index is 0. The van der Waals surface area contributed by atoms with Gasteiger partial charge in [0.15, 0.2) is 0 Å². The van der Waals surface area contributed by atoms with Crippen LogP contribution in [0.2, 0.25) is 0 Å². The van der Waals surface area contributed by atoms with E-state index < -0.39 is 0 Å². The number of piperazine rings is 1. The summed E-state index contributed by atoms with van der Waals surface area (Å²) in [5, 5.41) is 13.3. The van der Waals surface area contributed by atoms with Crippen molar-refractivity contribution in [3.63, 3.8) is 0 Å². The summed E-state index contributed by atoms with van der Waals surface area (Å²) in [6, 6.07) is 4.28. The van der Waals surface area contributed by atoms with Crippen molar-refractivity contribution >= 4 is 24.8 Å². The van der Waals surface area contributed by atoms with E-state index in [2.05, 4.69) is 24.1 Å². The number of phenolic OH excluding ortho intramolecular Hbond substituents is 1. The van der Waals surface area contributed by atoms with Crippen LogP contribution in [0.15, 0.2) is 12.1 Å². The smallest absolute Gasteiger partial charge is 0.116 e. The van der Waals surface area contributed by atoms with Gasteiger partial charge in [0.1, 0.15) is 5.75 Å². The molecule has 0 unspecified atom stereocenters. The molecule has 138 valence electrons. The van der Waals surface area contributed by atoms with E-state index >= 15 is 0 Å². The molecule has 1 atom stereocenters. The summed E-state index contributed by atoms with van der Waals surface area (Å²) in [5.41, 5.74) is 3.85. The Morgan fingerprint density at radius 3 is 2.17 bits per heavy atom. The van der Waals surface area contributed by atoms with E-state index in [1.807, 2.05) is 12.1 Å². The van der Waals surface area contributed by atoms with Gasteiger partial charge in [0.25, 0.3) is 0 Å². The molecule has 4 nitrogen and oxygen atoms in total. The van der Waals surface area contributed by atoms with Gasteiger partial charge in [-0.3, -0.25) is 4.90 Å². The Balaban J connectivity index is 0.00000144. The van der Waals surface area contributed by atoms with Gasteiger partial charge in [-0.15, -0.1) is 24.8 Å². The van der Waals surface area contributed by atoms with Crippen molar-refractivity contribution < 1.29 is 9.84 Å². The second-order valence-electron chi connectivity index (χ2n) is 6.67. The molecule has 6 heteroatoms. The zero-order valence-corrected chi connectivity index (χ0v) is 16.2. The highest BCUT2D eigenvalue weighted by molar-refractivity contribution is 5.85. The minimum Gasteiger partial charge on any atom is -0.508 e. The fourth-order valence-electron chi connectivity index (χ4n) is 4.13. The van der Waals surface area contributed by atoms with Crippen molar-refractivity contribution in [2.75, 3.05) is 39.4 Å². The molecule has 2 aliphatic rings. The van der Waals surface area contributed by atoms with Crippen LogP contribution in [0.4, 0.5) is 0 Å². The van der Waals surface area contributed by atoms with Crippen molar-refractivity contribution in [2.24, 2.45) is 5.92 Å². The lowest BCUT2D eigenvalue weighted by Crippen LogP contribution is -2.48. The van der Waals surface area contributed by atoms with Gasteiger partial charge in [-0.1, -0.05) is 0 Å². The molecule has 2 saturated heterocycles. The zero-order valence-electron chi connectivity index (χ0n) is 14.6. The summed E-state index contributed by atoms with van der Waals surface area (Å²) in [6.45, 7) is 10.4. The molecular weight excluding hydrogens is 347 g/mol. The number of phenols is 1. The molecule has 0 amide bonds. The number of benzene rings is 1. The first-order chi connectivity index (χ1) is 10.7. The van der Waals surface area contributed by atoms with Crippen LogP contribution in [0.25, 0.3) is 0 Å². The van der Waals surface area contributed by atoms with Crippen molar-refractivity contribution in [3.05, 3.63) is 28.8 Å². The van der Waals surface area contributed by atoms with Crippen LogP contribution in [0.1, 0.15) is 35.6 Å². The van der Waals surface area contributed by atoms with Gasteiger partial charge in [0.2, 0.25) is 0 Å². The maximum Gasteiger partial charge on any atom is 0.116 e. The average Bonchev–Trinajstić information content (AvgIpc) is 2.52. The van der Waals surface area contributed by atoms with E-state index in [9.17, 15) is 5.11 Å². The third-order valence-corrected chi connectivity index (χ3v) is 5.13. The summed E-state index contributed by atoms with van der Waals surface area (Å²) in [5.74, 6) is 1.03. The van der Waals surface area contributed by atoms with Gasteiger partial charge in [0.05, 0.1) is 0 Å². The summed E-state index contributed by atoms with van der Waals surface area (Å²) in [4.78, 5) is 2.64. The van der Waals surface area contributed by atoms with Crippen LogP contribution in [0.3, 0.4) is 0 Å². The van der Waals surface area contributed by atoms with Crippen LogP contribution in [0.5, 0.6) is 5.75 Å². The molecule has 1 aromatic rings. The van der Waals surface area contributed by atoms with E-state index in [-0.39, 0.29) is 24.8 Å². The lowest BCUT2D eigenvalue weighted by molar-refractivity contribution is 0.0209. The SMILES string of the molecule is Cc1cc(O)cc(C)c1[C@H](C1CCOCC1)N1CCNCC1.Cl.Cl. The Morgan fingerprint density at radius 2 is 1.62 bits per heavy atom. The number of halogens is 2. The lowest BCUT2D eigenvalue weighted by atomic mass is 9.82. The topological polar surface area (TPSA) is 44.7 Å². The van der Waals surface area contributed by atoms with E-state index in [4.69, 9.17) is 4.74 Å². The minimum atomic E-state index is 0. The van der Waals surface area contributed by atoms with Crippen LogP contribution < -0.4 is 5.32 Å². The predicted octanol–water partition coefficient (Wildman–Crippen LogP) is 3.23. The second-order valence-corrected chi connectivity index (χ2v) is 6.67. The average molecular weight is 377 g/mol. The van der Waals surface area contributed by atoms with Crippen molar-refractivity contribution in [1.82, 2.24) is 10.2 Å². The van der Waals surface area contributed by atoms with E-state index in [1.165, 1.54) is 16.7 Å². The molecule has 24 heavy (non-hydrogen) atoms. The molecule has 2 fully saturated rings. The standard InChI is InChI=1S/C18H28N2O2.2ClH/c1-13-11-16(21)12-14(2)17(13)18(15-3-9-22-10-4-15)20-7-5-19-6-8-20;;/h11-12,15,18-19,21H,3-10H2,1-2H3;2*1H/t18-;;/m0../s1. The molecule has 0 aromatic heterocycles. The second kappa shape index (κ2) is 9.83. The van der Waals surface area contributed by atoms with Crippen LogP contribution in [-0.2, 0) is 4.74 Å². The molecule has 0 saturated carbocycles. The summed E-state index contributed by atoms with van der Waals surface area (Å²) in [6.07, 6.45) is 2.27. The summed E-state index contributed by atoms with van der Waals surface area (Å²) < 4.78 is 5.58. The molecular formula is C18H30Cl2N2O2. The molecule has 3 rings (SSSR count). The van der Waals surface area contributed by atoms with E-state index in [0.717, 1.165) is 52.2 Å². The number of rotatable bonds is 3. The third-order valence-electron chi connectivity index (χ3n) is 5.13. The Hall–Kier alpha value is -0.520. The van der Waals surface area contributed by atoms with Gasteiger partial charge in [-0.25, -0.2) is 0 Å². The van der Waals surface area contributed by atoms with Crippen LogP contribution in [-0.4, -0.2) is 49.4 Å². The number of aromatic hydroxyl groups is 1. The van der Waals surface area contributed by atoms with Gasteiger partial charge < -0.3 is 15.2 Å². The molecule has 2 heterocycles. The fraction of sp³-hybridized carbons (Fsp3) is 0.667. The molecule has 0 bridgehead atoms. The summed E-state index contributed by atoms with van der Waals surface area (Å²) in [7, 11) is 0. The van der Waals surface area contributed by atoms with Crippen molar-refractivity contribution in [2.45, 2.75) is 32.7 Å². The normalized spacial score (nSPS) is 20.8. The first-order valence-corrected chi connectivity index (χ1v) is 8.49. The number of nitrogens with zero attached hydrogens (tertiary/aromatic N) is 1. The van der Waals surface area contributed by atoms with E-state index in [0.29, 0.717) is 17.7 Å². The summed E-state index contributed by atoms with van der Waals surface area (Å²) >= 11 is 0. The Labute approximate surface area is 157 Å². The monoisotopic (exact) mass is 376 g/mol. The largest absolute Gasteiger partial charge is 0.508 e. The number of hydrogen-bond donors (Lipinski definition) is 2. The highest BCUT2D eigenvalue weighted by Gasteiger charge is 2.33. The number of hydrogen-bond acceptors (Lipinski definition) is 4. The molecule has 0 aliphatic carbocycles. The van der Waals surface area contributed by atoms with Crippen LogP contribution in [0, 0.1) is 19.8 Å². The molecule has 2 N–H and O–H groups in total. The molecule has 0 radical (unpaired) electrons. The quantitative estimate of drug-likeness (QED) is 0.849. The van der Waals surface area contributed by atoms with Gasteiger partial charge in [0, 0.05) is 45.4 Å². The van der Waals surface area contributed by atoms with Crippen LogP contribution >= 0.6 is 24.8 Å². The zero-order chi connectivity index (χ0) is 15.5. The Bertz CT molecular complexity index is 475. The lowest BCUT2D eigenvalue weighted by Gasteiger charge is -2.42. The molecule has 2 aliphatic heterocycles. The maximum atomic E-state index is 9.88. The Morgan fingerprint density at radius 1 is 1.08 bits per heavy atom. The van der Waals surface area contributed by atoms with Gasteiger partial charge in [-0.2, -0.15) is 0 Å². The van der Waals surface area contributed by atoms with Gasteiger partial charge >= 0.3 is 0 Å². The van der Waals surface area contributed by atoms with Crippen molar-refractivity contribution in [1.29, 1.82) is 0 Å².